The van der Waals surface area contributed by atoms with E-state index in [1.54, 1.807) is 18.5 Å². The summed E-state index contributed by atoms with van der Waals surface area (Å²) >= 11 is 1.35. The molecule has 174 valence electrons. The van der Waals surface area contributed by atoms with Gasteiger partial charge in [-0.1, -0.05) is 75.0 Å². The van der Waals surface area contributed by atoms with E-state index in [4.69, 9.17) is 0 Å². The molecular weight excluding hydrogens is 444 g/mol. The van der Waals surface area contributed by atoms with E-state index in [1.807, 2.05) is 29.7 Å². The molecule has 34 heavy (non-hydrogen) atoms. The van der Waals surface area contributed by atoms with Crippen molar-refractivity contribution >= 4 is 23.6 Å². The topological polar surface area (TPSA) is 85.6 Å². The number of hydrogen-bond acceptors (Lipinski definition) is 6. The van der Waals surface area contributed by atoms with Crippen molar-refractivity contribution in [3.63, 3.8) is 0 Å². The third kappa shape index (κ3) is 5.17. The Labute approximate surface area is 204 Å². The van der Waals surface area contributed by atoms with Gasteiger partial charge in [0.2, 0.25) is 11.9 Å². The number of anilines is 1. The van der Waals surface area contributed by atoms with Crippen molar-refractivity contribution in [3.8, 4) is 17.1 Å². The van der Waals surface area contributed by atoms with Crippen LogP contribution in [-0.4, -0.2) is 35.9 Å². The van der Waals surface area contributed by atoms with Gasteiger partial charge in [-0.2, -0.15) is 0 Å². The fourth-order valence-corrected chi connectivity index (χ4v) is 4.33. The van der Waals surface area contributed by atoms with Crippen LogP contribution in [0.15, 0.2) is 72.1 Å². The van der Waals surface area contributed by atoms with Crippen molar-refractivity contribution in [1.82, 2.24) is 24.7 Å². The third-order valence-corrected chi connectivity index (χ3v) is 6.49. The van der Waals surface area contributed by atoms with Crippen molar-refractivity contribution < 1.29 is 4.79 Å². The van der Waals surface area contributed by atoms with Gasteiger partial charge < -0.3 is 0 Å². The van der Waals surface area contributed by atoms with E-state index < -0.39 is 5.25 Å². The van der Waals surface area contributed by atoms with Gasteiger partial charge in [0.1, 0.15) is 0 Å². The van der Waals surface area contributed by atoms with Crippen LogP contribution >= 0.6 is 11.8 Å². The average molecular weight is 473 g/mol. The van der Waals surface area contributed by atoms with Crippen molar-refractivity contribution in [2.24, 2.45) is 0 Å². The number of hydrogen-bond donors (Lipinski definition) is 1. The number of nitrogens with zero attached hydrogens (tertiary/aromatic N) is 5. The third-order valence-electron chi connectivity index (χ3n) is 5.45. The molecule has 0 aliphatic heterocycles. The lowest BCUT2D eigenvalue weighted by Crippen LogP contribution is -2.24. The molecule has 4 aromatic rings. The lowest BCUT2D eigenvalue weighted by molar-refractivity contribution is -0.115. The molecule has 4 rings (SSSR count). The maximum Gasteiger partial charge on any atom is 0.240 e. The van der Waals surface area contributed by atoms with E-state index in [0.29, 0.717) is 5.16 Å². The first-order chi connectivity index (χ1) is 16.2. The molecule has 0 saturated heterocycles. The number of nitrogens with one attached hydrogen (secondary N) is 1. The van der Waals surface area contributed by atoms with Gasteiger partial charge in [-0.05, 0) is 42.5 Å². The molecule has 1 atom stereocenters. The first-order valence-electron chi connectivity index (χ1n) is 11.1. The van der Waals surface area contributed by atoms with Crippen molar-refractivity contribution in [2.75, 3.05) is 5.32 Å². The van der Waals surface area contributed by atoms with Gasteiger partial charge in [-0.3, -0.25) is 14.7 Å². The second kappa shape index (κ2) is 9.77. The largest absolute Gasteiger partial charge is 0.294 e. The van der Waals surface area contributed by atoms with Crippen molar-refractivity contribution in [1.29, 1.82) is 0 Å². The highest BCUT2D eigenvalue weighted by Gasteiger charge is 2.23. The summed E-state index contributed by atoms with van der Waals surface area (Å²) in [7, 11) is 0. The SMILES string of the molecule is Cc1ccccc1-n1c(SC(C)C(=O)Nc2ncccn2)nnc1-c1ccc(C(C)(C)C)cc1. The average Bonchev–Trinajstić information content (AvgIpc) is 3.22. The normalized spacial score (nSPS) is 12.4. The Bertz CT molecular complexity index is 1280. The smallest absolute Gasteiger partial charge is 0.240 e. The number of aryl methyl sites for hydroxylation is 1. The van der Waals surface area contributed by atoms with Crippen molar-refractivity contribution in [2.45, 2.75) is 50.4 Å². The van der Waals surface area contributed by atoms with Gasteiger partial charge >= 0.3 is 0 Å². The fourth-order valence-electron chi connectivity index (χ4n) is 3.47. The minimum absolute atomic E-state index is 0.0640. The number of rotatable bonds is 6. The zero-order chi connectivity index (χ0) is 24.3. The quantitative estimate of drug-likeness (QED) is 0.376. The lowest BCUT2D eigenvalue weighted by Gasteiger charge is -2.19. The van der Waals surface area contributed by atoms with Gasteiger partial charge in [-0.15, -0.1) is 10.2 Å². The number of amides is 1. The molecule has 8 heteroatoms. The van der Waals surface area contributed by atoms with E-state index >= 15 is 0 Å². The van der Waals surface area contributed by atoms with Crippen LogP contribution in [0.4, 0.5) is 5.95 Å². The Morgan fingerprint density at radius 3 is 2.29 bits per heavy atom. The monoisotopic (exact) mass is 472 g/mol. The van der Waals surface area contributed by atoms with Crippen LogP contribution in [0, 0.1) is 6.92 Å². The Hall–Kier alpha value is -3.52. The summed E-state index contributed by atoms with van der Waals surface area (Å²) in [6, 6.07) is 18.2. The molecule has 1 amide bonds. The molecule has 2 heterocycles. The number of aromatic nitrogens is 5. The Kier molecular flexibility index (Phi) is 6.79. The first-order valence-corrected chi connectivity index (χ1v) is 12.0. The Morgan fingerprint density at radius 1 is 0.971 bits per heavy atom. The number of carbonyl (C=O) groups is 1. The predicted molar refractivity (Wildman–Crippen MR) is 136 cm³/mol. The minimum Gasteiger partial charge on any atom is -0.294 e. The molecule has 0 aliphatic carbocycles. The Balaban J connectivity index is 1.69. The summed E-state index contributed by atoms with van der Waals surface area (Å²) in [5.74, 6) is 0.808. The lowest BCUT2D eigenvalue weighted by atomic mass is 9.87. The van der Waals surface area contributed by atoms with Crippen LogP contribution in [0.5, 0.6) is 0 Å². The number of para-hydroxylation sites is 1. The summed E-state index contributed by atoms with van der Waals surface area (Å²) < 4.78 is 2.02. The number of thioether (sulfide) groups is 1. The highest BCUT2D eigenvalue weighted by molar-refractivity contribution is 8.00. The van der Waals surface area contributed by atoms with Gasteiger partial charge in [0, 0.05) is 18.0 Å². The number of carbonyl (C=O) groups excluding carboxylic acids is 1. The molecule has 1 unspecified atom stereocenters. The summed E-state index contributed by atoms with van der Waals surface area (Å²) in [5, 5.41) is 12.0. The van der Waals surface area contributed by atoms with Crippen LogP contribution in [0.3, 0.4) is 0 Å². The maximum absolute atomic E-state index is 12.8. The molecule has 0 saturated carbocycles. The van der Waals surface area contributed by atoms with E-state index in [2.05, 4.69) is 83.5 Å². The zero-order valence-electron chi connectivity index (χ0n) is 20.0. The Morgan fingerprint density at radius 2 is 1.65 bits per heavy atom. The zero-order valence-corrected chi connectivity index (χ0v) is 20.8. The molecule has 1 N–H and O–H groups in total. The summed E-state index contributed by atoms with van der Waals surface area (Å²) in [6.45, 7) is 10.5. The molecule has 0 bridgehead atoms. The van der Waals surface area contributed by atoms with Crippen LogP contribution in [0.1, 0.15) is 38.8 Å². The van der Waals surface area contributed by atoms with E-state index in [1.165, 1.54) is 17.3 Å². The van der Waals surface area contributed by atoms with E-state index in [0.717, 1.165) is 22.6 Å². The second-order valence-corrected chi connectivity index (χ2v) is 10.4. The molecule has 0 aliphatic rings. The van der Waals surface area contributed by atoms with Crippen LogP contribution in [0.25, 0.3) is 17.1 Å². The van der Waals surface area contributed by atoms with Crippen LogP contribution in [0.2, 0.25) is 0 Å². The summed E-state index contributed by atoms with van der Waals surface area (Å²) in [5.41, 5.74) is 4.34. The summed E-state index contributed by atoms with van der Waals surface area (Å²) in [4.78, 5) is 20.9. The minimum atomic E-state index is -0.438. The maximum atomic E-state index is 12.8. The molecule has 0 spiro atoms. The number of benzene rings is 2. The molecular formula is C26H28N6OS. The molecule has 0 radical (unpaired) electrons. The second-order valence-electron chi connectivity index (χ2n) is 9.08. The molecule has 2 aromatic heterocycles. The first kappa shape index (κ1) is 23.6. The van der Waals surface area contributed by atoms with E-state index in [9.17, 15) is 4.79 Å². The summed E-state index contributed by atoms with van der Waals surface area (Å²) in [6.07, 6.45) is 3.18. The standard InChI is InChI=1S/C26H28N6OS/c1-17-9-6-7-10-21(17)32-22(19-11-13-20(14-12-19)26(3,4)5)30-31-25(32)34-18(2)23(33)29-24-27-15-8-16-28-24/h6-16,18H,1-5H3,(H,27,28,29,33). The van der Waals surface area contributed by atoms with Gasteiger partial charge in [0.15, 0.2) is 11.0 Å². The fraction of sp³-hybridized carbons (Fsp3) is 0.269. The predicted octanol–water partition coefficient (Wildman–Crippen LogP) is 5.45. The van der Waals surface area contributed by atoms with Crippen LogP contribution in [-0.2, 0) is 10.2 Å². The van der Waals surface area contributed by atoms with Gasteiger partial charge in [-0.25, -0.2) is 9.97 Å². The van der Waals surface area contributed by atoms with Crippen LogP contribution < -0.4 is 5.32 Å². The van der Waals surface area contributed by atoms with Crippen molar-refractivity contribution in [3.05, 3.63) is 78.1 Å². The highest BCUT2D eigenvalue weighted by atomic mass is 32.2. The van der Waals surface area contributed by atoms with Gasteiger partial charge in [0.05, 0.1) is 10.9 Å². The molecule has 7 nitrogen and oxygen atoms in total. The van der Waals surface area contributed by atoms with E-state index in [-0.39, 0.29) is 17.3 Å². The molecule has 2 aromatic carbocycles. The highest BCUT2D eigenvalue weighted by Crippen LogP contribution is 2.32. The van der Waals surface area contributed by atoms with Gasteiger partial charge in [0.25, 0.3) is 0 Å². The molecule has 0 fully saturated rings.